The molecule has 0 aliphatic heterocycles. The predicted octanol–water partition coefficient (Wildman–Crippen LogP) is 0.572. The van der Waals surface area contributed by atoms with Gasteiger partial charge in [-0.3, -0.25) is 4.79 Å². The van der Waals surface area contributed by atoms with Crippen LogP contribution in [0.4, 0.5) is 0 Å². The standard InChI is InChI=1S/C13H18N2O3S/c1-19(17,18)12-6-2-10(3-7-12)13(16)15-9-8-14-11-4-5-11/h2-3,6-7,11,14H,4-5,8-9H2,1H3,(H,15,16). The van der Waals surface area contributed by atoms with Crippen molar-refractivity contribution in [3.05, 3.63) is 29.8 Å². The minimum absolute atomic E-state index is 0.183. The van der Waals surface area contributed by atoms with Gasteiger partial charge in [0.15, 0.2) is 9.84 Å². The Morgan fingerprint density at radius 2 is 1.84 bits per heavy atom. The van der Waals surface area contributed by atoms with Crippen LogP contribution in [0, 0.1) is 0 Å². The highest BCUT2D eigenvalue weighted by Crippen LogP contribution is 2.17. The number of carbonyl (C=O) groups is 1. The molecule has 19 heavy (non-hydrogen) atoms. The van der Waals surface area contributed by atoms with Crippen LogP contribution in [0.25, 0.3) is 0 Å². The zero-order valence-corrected chi connectivity index (χ0v) is 11.7. The number of hydrogen-bond donors (Lipinski definition) is 2. The molecule has 0 saturated heterocycles. The maximum atomic E-state index is 11.8. The topological polar surface area (TPSA) is 75.3 Å². The Kier molecular flexibility index (Phi) is 4.21. The van der Waals surface area contributed by atoms with E-state index in [1.54, 1.807) is 0 Å². The second-order valence-electron chi connectivity index (χ2n) is 4.78. The number of hydrogen-bond acceptors (Lipinski definition) is 4. The van der Waals surface area contributed by atoms with Crippen molar-refractivity contribution in [3.63, 3.8) is 0 Å². The molecule has 0 radical (unpaired) electrons. The van der Waals surface area contributed by atoms with Gasteiger partial charge in [0.2, 0.25) is 0 Å². The second-order valence-corrected chi connectivity index (χ2v) is 6.80. The van der Waals surface area contributed by atoms with Crippen LogP contribution in [0.1, 0.15) is 23.2 Å². The summed E-state index contributed by atoms with van der Waals surface area (Å²) in [6.45, 7) is 1.33. The van der Waals surface area contributed by atoms with Crippen LogP contribution in [-0.2, 0) is 9.84 Å². The molecule has 0 heterocycles. The van der Waals surface area contributed by atoms with Gasteiger partial charge in [0.25, 0.3) is 5.91 Å². The Bertz CT molecular complexity index is 548. The number of sulfone groups is 1. The normalized spacial score (nSPS) is 15.2. The molecule has 0 bridgehead atoms. The lowest BCUT2D eigenvalue weighted by molar-refractivity contribution is 0.0953. The Hall–Kier alpha value is -1.40. The van der Waals surface area contributed by atoms with Gasteiger partial charge in [-0.05, 0) is 37.1 Å². The van der Waals surface area contributed by atoms with Crippen molar-refractivity contribution < 1.29 is 13.2 Å². The van der Waals surface area contributed by atoms with Gasteiger partial charge in [0.1, 0.15) is 0 Å². The molecule has 2 rings (SSSR count). The Labute approximate surface area is 113 Å². The third-order valence-corrected chi connectivity index (χ3v) is 4.09. The van der Waals surface area contributed by atoms with Crippen molar-refractivity contribution in [1.29, 1.82) is 0 Å². The van der Waals surface area contributed by atoms with Crippen molar-refractivity contribution in [2.45, 2.75) is 23.8 Å². The molecule has 1 aromatic rings. The van der Waals surface area contributed by atoms with Crippen LogP contribution in [-0.4, -0.2) is 39.7 Å². The van der Waals surface area contributed by atoms with Gasteiger partial charge in [0, 0.05) is 31.0 Å². The number of nitrogens with one attached hydrogen (secondary N) is 2. The van der Waals surface area contributed by atoms with Crippen molar-refractivity contribution in [2.24, 2.45) is 0 Å². The molecule has 2 N–H and O–H groups in total. The minimum atomic E-state index is -3.21. The van der Waals surface area contributed by atoms with E-state index in [9.17, 15) is 13.2 Å². The van der Waals surface area contributed by atoms with Crippen LogP contribution in [0.15, 0.2) is 29.2 Å². The van der Waals surface area contributed by atoms with E-state index in [0.717, 1.165) is 12.8 Å². The molecule has 6 heteroatoms. The summed E-state index contributed by atoms with van der Waals surface area (Å²) >= 11 is 0. The van der Waals surface area contributed by atoms with Crippen LogP contribution < -0.4 is 10.6 Å². The first kappa shape index (κ1) is 14.0. The fourth-order valence-corrected chi connectivity index (χ4v) is 2.33. The van der Waals surface area contributed by atoms with Crippen LogP contribution in [0.2, 0.25) is 0 Å². The smallest absolute Gasteiger partial charge is 0.251 e. The molecule has 5 nitrogen and oxygen atoms in total. The van der Waals surface area contributed by atoms with Crippen LogP contribution in [0.5, 0.6) is 0 Å². The summed E-state index contributed by atoms with van der Waals surface area (Å²) in [6, 6.07) is 6.59. The minimum Gasteiger partial charge on any atom is -0.351 e. The molecule has 1 aromatic carbocycles. The summed E-state index contributed by atoms with van der Waals surface area (Å²) in [5.41, 5.74) is 0.471. The fraction of sp³-hybridized carbons (Fsp3) is 0.462. The van der Waals surface area contributed by atoms with E-state index in [-0.39, 0.29) is 10.8 Å². The lowest BCUT2D eigenvalue weighted by atomic mass is 10.2. The Morgan fingerprint density at radius 1 is 1.21 bits per heavy atom. The van der Waals surface area contributed by atoms with Gasteiger partial charge in [0.05, 0.1) is 4.90 Å². The number of benzene rings is 1. The van der Waals surface area contributed by atoms with Crippen molar-refractivity contribution in [3.8, 4) is 0 Å². The molecule has 1 amide bonds. The predicted molar refractivity (Wildman–Crippen MR) is 72.9 cm³/mol. The molecule has 0 spiro atoms. The van der Waals surface area contributed by atoms with E-state index < -0.39 is 9.84 Å². The summed E-state index contributed by atoms with van der Waals surface area (Å²) in [7, 11) is -3.21. The molecular formula is C13H18N2O3S. The van der Waals surface area contributed by atoms with Gasteiger partial charge in [-0.15, -0.1) is 0 Å². The van der Waals surface area contributed by atoms with E-state index in [1.165, 1.54) is 37.1 Å². The fourth-order valence-electron chi connectivity index (χ4n) is 1.70. The lowest BCUT2D eigenvalue weighted by Gasteiger charge is -2.06. The summed E-state index contributed by atoms with van der Waals surface area (Å²) < 4.78 is 22.6. The molecule has 1 saturated carbocycles. The van der Waals surface area contributed by atoms with Crippen molar-refractivity contribution in [1.82, 2.24) is 10.6 Å². The van der Waals surface area contributed by atoms with Crippen molar-refractivity contribution >= 4 is 15.7 Å². The zero-order chi connectivity index (χ0) is 13.9. The molecule has 0 atom stereocenters. The first-order valence-electron chi connectivity index (χ1n) is 6.28. The van der Waals surface area contributed by atoms with E-state index in [2.05, 4.69) is 10.6 Å². The second kappa shape index (κ2) is 5.71. The molecule has 1 aliphatic rings. The molecule has 0 unspecified atom stereocenters. The van der Waals surface area contributed by atoms with Gasteiger partial charge >= 0.3 is 0 Å². The van der Waals surface area contributed by atoms with Crippen LogP contribution in [0.3, 0.4) is 0 Å². The van der Waals surface area contributed by atoms with Crippen molar-refractivity contribution in [2.75, 3.05) is 19.3 Å². The van der Waals surface area contributed by atoms with Gasteiger partial charge in [-0.25, -0.2) is 8.42 Å². The monoisotopic (exact) mass is 282 g/mol. The number of rotatable bonds is 6. The van der Waals surface area contributed by atoms with E-state index >= 15 is 0 Å². The van der Waals surface area contributed by atoms with E-state index in [1.807, 2.05) is 0 Å². The lowest BCUT2D eigenvalue weighted by Crippen LogP contribution is -2.32. The summed E-state index contributed by atoms with van der Waals surface area (Å²) in [5.74, 6) is -0.183. The van der Waals surface area contributed by atoms with Gasteiger partial charge < -0.3 is 10.6 Å². The average Bonchev–Trinajstić information content (AvgIpc) is 3.17. The largest absolute Gasteiger partial charge is 0.351 e. The summed E-state index contributed by atoms with van der Waals surface area (Å²) in [6.07, 6.45) is 3.59. The number of carbonyl (C=O) groups excluding carboxylic acids is 1. The Balaban J connectivity index is 1.84. The molecule has 1 aliphatic carbocycles. The first-order chi connectivity index (χ1) is 8.97. The SMILES string of the molecule is CS(=O)(=O)c1ccc(C(=O)NCCNC2CC2)cc1. The highest BCUT2D eigenvalue weighted by molar-refractivity contribution is 7.90. The molecule has 104 valence electrons. The molecular weight excluding hydrogens is 264 g/mol. The highest BCUT2D eigenvalue weighted by Gasteiger charge is 2.19. The quantitative estimate of drug-likeness (QED) is 0.748. The zero-order valence-electron chi connectivity index (χ0n) is 10.8. The maximum absolute atomic E-state index is 11.8. The van der Waals surface area contributed by atoms with E-state index in [0.29, 0.717) is 18.2 Å². The number of amides is 1. The first-order valence-corrected chi connectivity index (χ1v) is 8.17. The third kappa shape index (κ3) is 4.33. The van der Waals surface area contributed by atoms with Gasteiger partial charge in [-0.2, -0.15) is 0 Å². The van der Waals surface area contributed by atoms with Gasteiger partial charge in [-0.1, -0.05) is 0 Å². The Morgan fingerprint density at radius 3 is 2.37 bits per heavy atom. The maximum Gasteiger partial charge on any atom is 0.251 e. The van der Waals surface area contributed by atoms with E-state index in [4.69, 9.17) is 0 Å². The molecule has 0 aromatic heterocycles. The molecule has 1 fully saturated rings. The summed E-state index contributed by atoms with van der Waals surface area (Å²) in [4.78, 5) is 12.0. The third-order valence-electron chi connectivity index (χ3n) is 2.97. The summed E-state index contributed by atoms with van der Waals surface area (Å²) in [5, 5.41) is 6.09. The van der Waals surface area contributed by atoms with Crippen LogP contribution >= 0.6 is 0 Å². The average molecular weight is 282 g/mol. The highest BCUT2D eigenvalue weighted by atomic mass is 32.2.